The Morgan fingerprint density at radius 3 is 2.22 bits per heavy atom. The van der Waals surface area contributed by atoms with E-state index in [1.165, 1.54) is 12.1 Å². The van der Waals surface area contributed by atoms with E-state index >= 15 is 0 Å². The van der Waals surface area contributed by atoms with E-state index in [1.54, 1.807) is 12.3 Å². The molecule has 0 fully saturated rings. The first-order chi connectivity index (χ1) is 20.6. The molecule has 0 aliphatic carbocycles. The number of para-hydroxylation sites is 1. The maximum absolute atomic E-state index is 14.0. The van der Waals surface area contributed by atoms with Gasteiger partial charge in [0.15, 0.2) is 5.78 Å². The van der Waals surface area contributed by atoms with Gasteiger partial charge >= 0.3 is 0 Å². The number of carbonyl (C=O) groups excluding carboxylic acids is 1. The normalized spacial score (nSPS) is 12.4. The van der Waals surface area contributed by atoms with E-state index in [1.807, 2.05) is 77.9 Å². The summed E-state index contributed by atoms with van der Waals surface area (Å²) in [5, 5.41) is 15.6. The predicted molar refractivity (Wildman–Crippen MR) is 179 cm³/mol. The summed E-state index contributed by atoms with van der Waals surface area (Å²) in [6.45, 7) is 15.4. The molecule has 0 aliphatic rings. The van der Waals surface area contributed by atoms with Crippen LogP contribution in [0.2, 0.25) is 0 Å². The second-order valence-corrected chi connectivity index (χ2v) is 13.7. The van der Waals surface area contributed by atoms with Crippen LogP contribution in [0, 0.1) is 22.7 Å². The summed E-state index contributed by atoms with van der Waals surface area (Å²) in [4.78, 5) is 16.2. The molecule has 1 radical (unpaired) electrons. The number of ketones is 1. The molecule has 1 N–H and O–H groups in total. The Morgan fingerprint density at radius 2 is 1.56 bits per heavy atom. The first-order valence-electron chi connectivity index (χ1n) is 15.0. The van der Waals surface area contributed by atoms with Gasteiger partial charge in [-0.15, -0.1) is 17.7 Å². The van der Waals surface area contributed by atoms with Crippen LogP contribution in [-0.4, -0.2) is 15.9 Å². The molecular weight excluding hydrogens is 742 g/mol. The van der Waals surface area contributed by atoms with Crippen LogP contribution < -0.4 is 0 Å². The van der Waals surface area contributed by atoms with Crippen LogP contribution in [0.25, 0.3) is 54.7 Å². The van der Waals surface area contributed by atoms with Gasteiger partial charge in [0.05, 0.1) is 5.58 Å². The van der Waals surface area contributed by atoms with Gasteiger partial charge in [-0.05, 0) is 57.4 Å². The van der Waals surface area contributed by atoms with Crippen molar-refractivity contribution in [3.63, 3.8) is 0 Å². The van der Waals surface area contributed by atoms with Crippen molar-refractivity contribution in [3.05, 3.63) is 102 Å². The molecule has 0 unspecified atom stereocenters. The number of allylic oxidation sites excluding steroid dienone is 2. The quantitative estimate of drug-likeness (QED) is 0.0841. The zero-order chi connectivity index (χ0) is 32.0. The van der Waals surface area contributed by atoms with Gasteiger partial charge in [-0.2, -0.15) is 0 Å². The maximum atomic E-state index is 14.0. The van der Waals surface area contributed by atoms with E-state index in [4.69, 9.17) is 9.40 Å². The smallest absolute Gasteiger partial charge is 0.164 e. The fourth-order valence-electron chi connectivity index (χ4n) is 5.05. The van der Waals surface area contributed by atoms with Gasteiger partial charge in [-0.1, -0.05) is 103 Å². The van der Waals surface area contributed by atoms with E-state index in [9.17, 15) is 14.3 Å². The SMILES string of the molecule is CC(C)(C)C(=O)/C=C(\O)C(C)(C)C.CC(C)c1[c-]c(-c2nccc3c2ccc2ccc(F)cc23)cc2c1oc1ccccc12.[Ir]. The van der Waals surface area contributed by atoms with E-state index in [0.29, 0.717) is 0 Å². The molecule has 6 aromatic rings. The molecule has 0 amide bonds. The summed E-state index contributed by atoms with van der Waals surface area (Å²) in [6, 6.07) is 24.8. The number of benzene rings is 4. The first-order valence-corrected chi connectivity index (χ1v) is 15.0. The molecule has 0 bridgehead atoms. The van der Waals surface area contributed by atoms with Gasteiger partial charge in [-0.3, -0.25) is 4.79 Å². The zero-order valence-corrected chi connectivity index (χ0v) is 29.4. The Labute approximate surface area is 277 Å². The van der Waals surface area contributed by atoms with Crippen molar-refractivity contribution >= 4 is 49.3 Å². The van der Waals surface area contributed by atoms with Gasteiger partial charge in [0.25, 0.3) is 0 Å². The molecule has 0 aliphatic heterocycles. The fourth-order valence-corrected chi connectivity index (χ4v) is 5.05. The van der Waals surface area contributed by atoms with Crippen LogP contribution in [0.3, 0.4) is 0 Å². The van der Waals surface area contributed by atoms with Crippen LogP contribution in [-0.2, 0) is 24.9 Å². The molecule has 0 saturated carbocycles. The van der Waals surface area contributed by atoms with Crippen molar-refractivity contribution in [1.29, 1.82) is 0 Å². The summed E-state index contributed by atoms with van der Waals surface area (Å²) in [5.74, 6) is 0.110. The van der Waals surface area contributed by atoms with Crippen molar-refractivity contribution in [2.45, 2.75) is 61.3 Å². The zero-order valence-electron chi connectivity index (χ0n) is 27.0. The summed E-state index contributed by atoms with van der Waals surface area (Å²) >= 11 is 0. The number of fused-ring (bicyclic) bond motifs is 6. The number of hydrogen-bond donors (Lipinski definition) is 1. The standard InChI is InChI=1S/C28H19FNO.C11H20O2.Ir/c1-16(2)23-13-18(14-25-21-5-3-4-6-26(21)31-28(23)25)27-22-10-8-17-7-9-19(29)15-24(17)20(22)11-12-30-27;1-10(2,3)8(12)7-9(13)11(4,5)6;/h3-12,14-16H,1-2H3;7,12H,1-6H3;/q-1;;/b;8-7-;. The predicted octanol–water partition coefficient (Wildman–Crippen LogP) is 11.1. The van der Waals surface area contributed by atoms with E-state index in [2.05, 4.69) is 38.1 Å². The first kappa shape index (κ1) is 34.0. The Kier molecular flexibility index (Phi) is 9.72. The summed E-state index contributed by atoms with van der Waals surface area (Å²) in [6.07, 6.45) is 3.13. The average molecular weight is 781 g/mol. The van der Waals surface area contributed by atoms with E-state index in [0.717, 1.165) is 60.3 Å². The van der Waals surface area contributed by atoms with Crippen LogP contribution in [0.5, 0.6) is 0 Å². The van der Waals surface area contributed by atoms with Gasteiger partial charge in [0, 0.05) is 48.6 Å². The Bertz CT molecular complexity index is 2060. The number of aliphatic hydroxyl groups is 1. The third kappa shape index (κ3) is 7.03. The number of carbonyl (C=O) groups is 1. The molecule has 235 valence electrons. The van der Waals surface area contributed by atoms with Crippen LogP contribution in [0.1, 0.15) is 66.9 Å². The van der Waals surface area contributed by atoms with Crippen molar-refractivity contribution in [2.24, 2.45) is 10.8 Å². The van der Waals surface area contributed by atoms with Crippen molar-refractivity contribution in [3.8, 4) is 11.3 Å². The molecular formula is C39H39FIrNO3-. The Morgan fingerprint density at radius 1 is 0.867 bits per heavy atom. The minimum atomic E-state index is -0.417. The molecule has 4 aromatic carbocycles. The van der Waals surface area contributed by atoms with Gasteiger partial charge < -0.3 is 14.5 Å². The molecule has 0 spiro atoms. The van der Waals surface area contributed by atoms with Crippen molar-refractivity contribution in [1.82, 2.24) is 4.98 Å². The summed E-state index contributed by atoms with van der Waals surface area (Å²) in [7, 11) is 0. The molecule has 2 aromatic heterocycles. The number of aromatic nitrogens is 1. The second-order valence-electron chi connectivity index (χ2n) is 13.7. The molecule has 6 heteroatoms. The van der Waals surface area contributed by atoms with Crippen LogP contribution in [0.4, 0.5) is 4.39 Å². The number of pyridine rings is 1. The number of halogens is 1. The van der Waals surface area contributed by atoms with E-state index in [-0.39, 0.29) is 48.8 Å². The topological polar surface area (TPSA) is 63.3 Å². The fraction of sp³-hybridized carbons (Fsp3) is 0.282. The van der Waals surface area contributed by atoms with Crippen molar-refractivity contribution in [2.75, 3.05) is 0 Å². The second kappa shape index (κ2) is 12.9. The number of rotatable bonds is 3. The monoisotopic (exact) mass is 781 g/mol. The van der Waals surface area contributed by atoms with Crippen LogP contribution >= 0.6 is 0 Å². The minimum Gasteiger partial charge on any atom is -0.512 e. The number of aliphatic hydroxyl groups excluding tert-OH is 1. The van der Waals surface area contributed by atoms with Crippen molar-refractivity contribution < 1.29 is 38.8 Å². The average Bonchev–Trinajstić information content (AvgIpc) is 3.34. The molecule has 0 saturated heterocycles. The largest absolute Gasteiger partial charge is 0.512 e. The number of furan rings is 1. The Hall–Kier alpha value is -3.86. The molecule has 45 heavy (non-hydrogen) atoms. The molecule has 4 nitrogen and oxygen atoms in total. The third-order valence-electron chi connectivity index (χ3n) is 7.77. The third-order valence-corrected chi connectivity index (χ3v) is 7.77. The molecule has 2 heterocycles. The number of nitrogens with zero attached hydrogens (tertiary/aromatic N) is 1. The Balaban J connectivity index is 0.000000283. The van der Waals surface area contributed by atoms with Crippen LogP contribution in [0.15, 0.2) is 89.2 Å². The minimum absolute atomic E-state index is 0. The van der Waals surface area contributed by atoms with E-state index < -0.39 is 5.41 Å². The summed E-state index contributed by atoms with van der Waals surface area (Å²) in [5.41, 5.74) is 3.79. The maximum Gasteiger partial charge on any atom is 0.164 e. The molecule has 6 rings (SSSR count). The summed E-state index contributed by atoms with van der Waals surface area (Å²) < 4.78 is 20.2. The van der Waals surface area contributed by atoms with Gasteiger partial charge in [-0.25, -0.2) is 4.39 Å². The number of hydrogen-bond acceptors (Lipinski definition) is 4. The molecule has 0 atom stereocenters. The van der Waals surface area contributed by atoms with Gasteiger partial charge in [0.2, 0.25) is 0 Å². The van der Waals surface area contributed by atoms with Gasteiger partial charge in [0.1, 0.15) is 17.2 Å².